The highest BCUT2D eigenvalue weighted by molar-refractivity contribution is 7.81. The third-order valence-electron chi connectivity index (χ3n) is 2.39. The van der Waals surface area contributed by atoms with Crippen molar-refractivity contribution in [3.63, 3.8) is 0 Å². The Morgan fingerprint density at radius 1 is 1.00 bits per heavy atom. The molecule has 20 heavy (non-hydrogen) atoms. The third-order valence-corrected chi connectivity index (χ3v) is 2.78. The molecule has 0 spiro atoms. The average Bonchev–Trinajstić information content (AvgIpc) is 2.33. The predicted molar refractivity (Wildman–Crippen MR) is 77.2 cm³/mol. The Morgan fingerprint density at radius 3 is 2.20 bits per heavy atom. The molecule has 0 atom stereocenters. The number of benzene rings is 2. The molecule has 0 amide bonds. The summed E-state index contributed by atoms with van der Waals surface area (Å²) in [6, 6.07) is 11.2. The van der Waals surface area contributed by atoms with Crippen molar-refractivity contribution in [2.24, 2.45) is 0 Å². The monoisotopic (exact) mass is 295 g/mol. The molecule has 6 N–H and O–H groups in total. The topological polar surface area (TPSA) is 128 Å². The SMILES string of the molecule is Nc1ccc(Nc2ccc(N)cc2OS(=O)(=O)O)cc1. The second kappa shape index (κ2) is 5.27. The van der Waals surface area contributed by atoms with Crippen molar-refractivity contribution in [3.05, 3.63) is 42.5 Å². The lowest BCUT2D eigenvalue weighted by Gasteiger charge is -2.12. The van der Waals surface area contributed by atoms with Crippen molar-refractivity contribution in [1.29, 1.82) is 0 Å². The maximum Gasteiger partial charge on any atom is 0.446 e. The Kier molecular flexibility index (Phi) is 3.68. The standard InChI is InChI=1S/C12H13N3O4S/c13-8-1-4-10(5-2-8)15-11-6-3-9(14)7-12(11)19-20(16,17)18/h1-7,15H,13-14H2,(H,16,17,18). The van der Waals surface area contributed by atoms with E-state index in [4.69, 9.17) is 16.0 Å². The van der Waals surface area contributed by atoms with Gasteiger partial charge in [0, 0.05) is 23.1 Å². The van der Waals surface area contributed by atoms with Crippen molar-refractivity contribution in [3.8, 4) is 5.75 Å². The summed E-state index contributed by atoms with van der Waals surface area (Å²) in [5, 5.41) is 2.94. The van der Waals surface area contributed by atoms with E-state index in [0.717, 1.165) is 0 Å². The molecule has 0 saturated carbocycles. The van der Waals surface area contributed by atoms with Crippen LogP contribution in [0.5, 0.6) is 5.75 Å². The Labute approximate surface area is 116 Å². The maximum atomic E-state index is 10.8. The third kappa shape index (κ3) is 3.77. The zero-order valence-corrected chi connectivity index (χ0v) is 11.1. The first-order chi connectivity index (χ1) is 9.33. The lowest BCUT2D eigenvalue weighted by atomic mass is 10.2. The van der Waals surface area contributed by atoms with Crippen molar-refractivity contribution in [2.75, 3.05) is 16.8 Å². The van der Waals surface area contributed by atoms with Gasteiger partial charge in [0.15, 0.2) is 5.75 Å². The van der Waals surface area contributed by atoms with E-state index in [9.17, 15) is 8.42 Å². The van der Waals surface area contributed by atoms with Gasteiger partial charge in [0.1, 0.15) is 0 Å². The van der Waals surface area contributed by atoms with E-state index in [1.807, 2.05) is 0 Å². The van der Waals surface area contributed by atoms with Crippen LogP contribution in [0.25, 0.3) is 0 Å². The molecule has 0 bridgehead atoms. The first-order valence-corrected chi connectivity index (χ1v) is 6.89. The lowest BCUT2D eigenvalue weighted by Crippen LogP contribution is -2.08. The highest BCUT2D eigenvalue weighted by Gasteiger charge is 2.12. The molecule has 0 aliphatic heterocycles. The van der Waals surface area contributed by atoms with Crippen molar-refractivity contribution in [2.45, 2.75) is 0 Å². The molecule has 0 unspecified atom stereocenters. The van der Waals surface area contributed by atoms with E-state index < -0.39 is 10.4 Å². The van der Waals surface area contributed by atoms with Gasteiger partial charge in [-0.05, 0) is 36.4 Å². The lowest BCUT2D eigenvalue weighted by molar-refractivity contribution is 0.387. The average molecular weight is 295 g/mol. The van der Waals surface area contributed by atoms with Gasteiger partial charge < -0.3 is 21.0 Å². The molecular formula is C12H13N3O4S. The van der Waals surface area contributed by atoms with Gasteiger partial charge in [-0.1, -0.05) is 0 Å². The summed E-state index contributed by atoms with van der Waals surface area (Å²) in [6.45, 7) is 0. The van der Waals surface area contributed by atoms with E-state index in [0.29, 0.717) is 22.7 Å². The molecule has 0 aromatic heterocycles. The van der Waals surface area contributed by atoms with Gasteiger partial charge in [-0.2, -0.15) is 8.42 Å². The highest BCUT2D eigenvalue weighted by Crippen LogP contribution is 2.31. The molecule has 0 saturated heterocycles. The number of nitrogens with two attached hydrogens (primary N) is 2. The van der Waals surface area contributed by atoms with Crippen LogP contribution in [0.2, 0.25) is 0 Å². The number of nitrogens with one attached hydrogen (secondary N) is 1. The zero-order valence-electron chi connectivity index (χ0n) is 10.3. The van der Waals surface area contributed by atoms with Crippen molar-refractivity contribution >= 4 is 33.1 Å². The summed E-state index contributed by atoms with van der Waals surface area (Å²) in [7, 11) is -4.63. The van der Waals surface area contributed by atoms with Crippen LogP contribution in [0.1, 0.15) is 0 Å². The number of hydrogen-bond acceptors (Lipinski definition) is 6. The van der Waals surface area contributed by atoms with Crippen LogP contribution in [-0.2, 0) is 10.4 Å². The van der Waals surface area contributed by atoms with Crippen LogP contribution < -0.4 is 21.0 Å². The quantitative estimate of drug-likeness (QED) is 0.500. The first kappa shape index (κ1) is 14.0. The van der Waals surface area contributed by atoms with Gasteiger partial charge in [0.25, 0.3) is 0 Å². The van der Waals surface area contributed by atoms with E-state index in [1.165, 1.54) is 12.1 Å². The fraction of sp³-hybridized carbons (Fsp3) is 0. The van der Waals surface area contributed by atoms with Gasteiger partial charge in [-0.25, -0.2) is 0 Å². The summed E-state index contributed by atoms with van der Waals surface area (Å²) in [5.41, 5.74) is 13.0. The van der Waals surface area contributed by atoms with Gasteiger partial charge in [0.05, 0.1) is 5.69 Å². The summed E-state index contributed by atoms with van der Waals surface area (Å²) in [6.07, 6.45) is 0. The highest BCUT2D eigenvalue weighted by atomic mass is 32.3. The second-order valence-corrected chi connectivity index (χ2v) is 5.04. The summed E-state index contributed by atoms with van der Waals surface area (Å²) < 4.78 is 34.8. The first-order valence-electron chi connectivity index (χ1n) is 5.52. The molecule has 106 valence electrons. The van der Waals surface area contributed by atoms with E-state index in [1.54, 1.807) is 30.3 Å². The minimum Gasteiger partial charge on any atom is -0.399 e. The molecule has 2 aromatic rings. The van der Waals surface area contributed by atoms with Gasteiger partial charge in [-0.15, -0.1) is 0 Å². The number of nitrogen functional groups attached to an aromatic ring is 2. The van der Waals surface area contributed by atoms with Crippen LogP contribution in [0.3, 0.4) is 0 Å². The molecule has 0 heterocycles. The predicted octanol–water partition coefficient (Wildman–Crippen LogP) is 1.78. The molecule has 7 nitrogen and oxygen atoms in total. The van der Waals surface area contributed by atoms with Gasteiger partial charge in [-0.3, -0.25) is 4.55 Å². The summed E-state index contributed by atoms with van der Waals surface area (Å²) in [4.78, 5) is 0. The number of rotatable bonds is 4. The largest absolute Gasteiger partial charge is 0.446 e. The fourth-order valence-electron chi connectivity index (χ4n) is 1.55. The van der Waals surface area contributed by atoms with Crippen molar-refractivity contribution < 1.29 is 17.2 Å². The smallest absolute Gasteiger partial charge is 0.399 e. The molecule has 0 aliphatic carbocycles. The fourth-order valence-corrected chi connectivity index (χ4v) is 1.91. The van der Waals surface area contributed by atoms with Crippen LogP contribution >= 0.6 is 0 Å². The molecule has 2 aromatic carbocycles. The number of anilines is 4. The Balaban J connectivity index is 2.33. The van der Waals surface area contributed by atoms with Crippen LogP contribution in [0.4, 0.5) is 22.7 Å². The van der Waals surface area contributed by atoms with E-state index in [2.05, 4.69) is 9.50 Å². The Hall–Kier alpha value is -2.45. The summed E-state index contributed by atoms with van der Waals surface area (Å²) >= 11 is 0. The summed E-state index contributed by atoms with van der Waals surface area (Å²) in [5.74, 6) is -0.107. The van der Waals surface area contributed by atoms with Gasteiger partial charge in [0.2, 0.25) is 0 Å². The van der Waals surface area contributed by atoms with Crippen molar-refractivity contribution in [1.82, 2.24) is 0 Å². The van der Waals surface area contributed by atoms with E-state index in [-0.39, 0.29) is 5.75 Å². The second-order valence-electron chi connectivity index (χ2n) is 4.01. The zero-order chi connectivity index (χ0) is 14.8. The minimum absolute atomic E-state index is 0.107. The Bertz CT molecular complexity index is 714. The Morgan fingerprint density at radius 2 is 1.60 bits per heavy atom. The molecule has 0 radical (unpaired) electrons. The van der Waals surface area contributed by atoms with E-state index >= 15 is 0 Å². The van der Waals surface area contributed by atoms with Gasteiger partial charge >= 0.3 is 10.4 Å². The van der Waals surface area contributed by atoms with Crippen LogP contribution in [0.15, 0.2) is 42.5 Å². The minimum atomic E-state index is -4.63. The molecule has 2 rings (SSSR count). The molecule has 8 heteroatoms. The normalized spacial score (nSPS) is 11.1. The molecular weight excluding hydrogens is 282 g/mol. The van der Waals surface area contributed by atoms with Crippen LogP contribution in [0, 0.1) is 0 Å². The number of hydrogen-bond donors (Lipinski definition) is 4. The molecule has 0 aliphatic rings. The maximum absolute atomic E-state index is 10.8. The van der Waals surface area contributed by atoms with Crippen LogP contribution in [-0.4, -0.2) is 13.0 Å². The molecule has 0 fully saturated rings.